The van der Waals surface area contributed by atoms with Crippen LogP contribution in [0.4, 0.5) is 5.95 Å². The van der Waals surface area contributed by atoms with E-state index in [0.717, 1.165) is 21.3 Å². The van der Waals surface area contributed by atoms with Crippen LogP contribution in [0.15, 0.2) is 28.9 Å². The molecule has 0 aliphatic heterocycles. The lowest BCUT2D eigenvalue weighted by Crippen LogP contribution is -2.11. The predicted octanol–water partition coefficient (Wildman–Crippen LogP) is 2.93. The summed E-state index contributed by atoms with van der Waals surface area (Å²) in [7, 11) is 0. The van der Waals surface area contributed by atoms with Crippen LogP contribution in [-0.2, 0) is 0 Å². The molecule has 0 radical (unpaired) electrons. The van der Waals surface area contributed by atoms with Crippen LogP contribution in [0.25, 0.3) is 0 Å². The molecule has 0 atom stereocenters. The van der Waals surface area contributed by atoms with Crippen LogP contribution in [0.3, 0.4) is 0 Å². The Hall–Kier alpha value is -1.66. The number of anilines is 1. The monoisotopic (exact) mass is 308 g/mol. The molecule has 3 N–H and O–H groups in total. The highest BCUT2D eigenvalue weighted by molar-refractivity contribution is 9.10. The normalized spacial score (nSPS) is 10.2. The summed E-state index contributed by atoms with van der Waals surface area (Å²) in [5.41, 5.74) is 4.26. The van der Waals surface area contributed by atoms with E-state index >= 15 is 0 Å². The summed E-state index contributed by atoms with van der Waals surface area (Å²) in [6.07, 6.45) is 1.66. The number of aromatic nitrogens is 2. The second-order valence-corrected chi connectivity index (χ2v) is 4.75. The number of rotatable bonds is 3. The molecule has 2 aromatic rings. The molecule has 5 nitrogen and oxygen atoms in total. The number of nitrogens with two attached hydrogens (primary N) is 1. The number of benzene rings is 1. The molecule has 0 amide bonds. The smallest absolute Gasteiger partial charge is 0.240 e. The van der Waals surface area contributed by atoms with Crippen molar-refractivity contribution in [3.63, 3.8) is 0 Å². The molecule has 1 heterocycles. The zero-order chi connectivity index (χ0) is 13.1. The van der Waals surface area contributed by atoms with Crippen molar-refractivity contribution in [1.29, 1.82) is 0 Å². The Morgan fingerprint density at radius 3 is 2.72 bits per heavy atom. The topological polar surface area (TPSA) is 73.1 Å². The number of aryl methyl sites for hydroxylation is 2. The van der Waals surface area contributed by atoms with E-state index in [1.807, 2.05) is 32.0 Å². The third-order valence-corrected chi connectivity index (χ3v) is 2.89. The molecule has 0 fully saturated rings. The van der Waals surface area contributed by atoms with Gasteiger partial charge in [-0.15, -0.1) is 0 Å². The van der Waals surface area contributed by atoms with Gasteiger partial charge in [-0.25, -0.2) is 10.8 Å². The maximum absolute atomic E-state index is 5.77. The summed E-state index contributed by atoms with van der Waals surface area (Å²) < 4.78 is 6.78. The summed E-state index contributed by atoms with van der Waals surface area (Å²) >= 11 is 3.41. The van der Waals surface area contributed by atoms with Crippen LogP contribution in [0.2, 0.25) is 0 Å². The van der Waals surface area contributed by atoms with Crippen LogP contribution in [0.1, 0.15) is 11.1 Å². The lowest BCUT2D eigenvalue weighted by molar-refractivity contribution is 0.454. The van der Waals surface area contributed by atoms with E-state index in [-0.39, 0.29) is 0 Å². The van der Waals surface area contributed by atoms with Crippen molar-refractivity contribution in [3.8, 4) is 11.6 Å². The molecule has 18 heavy (non-hydrogen) atoms. The van der Waals surface area contributed by atoms with Gasteiger partial charge in [-0.05, 0) is 37.6 Å². The first kappa shape index (κ1) is 12.8. The first-order chi connectivity index (χ1) is 8.60. The van der Waals surface area contributed by atoms with Crippen molar-refractivity contribution in [2.75, 3.05) is 5.43 Å². The molecule has 2 rings (SSSR count). The fourth-order valence-electron chi connectivity index (χ4n) is 1.43. The number of hydrogen-bond acceptors (Lipinski definition) is 5. The lowest BCUT2D eigenvalue weighted by Gasteiger charge is -2.10. The van der Waals surface area contributed by atoms with Crippen molar-refractivity contribution >= 4 is 21.9 Å². The SMILES string of the molecule is Cc1cc(Br)ccc1Oc1nc(NN)ncc1C. The quantitative estimate of drug-likeness (QED) is 0.673. The van der Waals surface area contributed by atoms with E-state index < -0.39 is 0 Å². The molecule has 0 aliphatic rings. The minimum absolute atomic E-state index is 0.324. The highest BCUT2D eigenvalue weighted by Gasteiger charge is 2.08. The molecule has 0 saturated heterocycles. The predicted molar refractivity (Wildman–Crippen MR) is 73.5 cm³/mol. The number of ether oxygens (including phenoxy) is 1. The van der Waals surface area contributed by atoms with Gasteiger partial charge in [-0.3, -0.25) is 5.43 Å². The average Bonchev–Trinajstić information content (AvgIpc) is 2.35. The number of nitrogens with one attached hydrogen (secondary N) is 1. The van der Waals surface area contributed by atoms with Crippen molar-refractivity contribution in [2.45, 2.75) is 13.8 Å². The minimum Gasteiger partial charge on any atom is -0.438 e. The molecule has 0 spiro atoms. The first-order valence-corrected chi connectivity index (χ1v) is 6.13. The Labute approximate surface area is 113 Å². The highest BCUT2D eigenvalue weighted by atomic mass is 79.9. The van der Waals surface area contributed by atoms with E-state index in [2.05, 4.69) is 31.3 Å². The van der Waals surface area contributed by atoms with E-state index in [9.17, 15) is 0 Å². The second kappa shape index (κ2) is 5.32. The molecule has 94 valence electrons. The van der Waals surface area contributed by atoms with Crippen LogP contribution in [0, 0.1) is 13.8 Å². The molecule has 0 saturated carbocycles. The zero-order valence-electron chi connectivity index (χ0n) is 10.1. The van der Waals surface area contributed by atoms with Gasteiger partial charge in [0, 0.05) is 16.2 Å². The van der Waals surface area contributed by atoms with Gasteiger partial charge < -0.3 is 4.74 Å². The number of nitrogens with zero attached hydrogens (tertiary/aromatic N) is 2. The van der Waals surface area contributed by atoms with Gasteiger partial charge in [-0.1, -0.05) is 15.9 Å². The van der Waals surface area contributed by atoms with Crippen LogP contribution in [-0.4, -0.2) is 9.97 Å². The molecule has 6 heteroatoms. The largest absolute Gasteiger partial charge is 0.438 e. The molecular formula is C12H13BrN4O. The maximum Gasteiger partial charge on any atom is 0.240 e. The number of hydrazine groups is 1. The first-order valence-electron chi connectivity index (χ1n) is 5.34. The third kappa shape index (κ3) is 2.77. The van der Waals surface area contributed by atoms with Crippen molar-refractivity contribution in [3.05, 3.63) is 40.0 Å². The van der Waals surface area contributed by atoms with E-state index in [4.69, 9.17) is 10.6 Å². The zero-order valence-corrected chi connectivity index (χ0v) is 11.7. The van der Waals surface area contributed by atoms with Crippen LogP contribution < -0.4 is 16.0 Å². The number of hydrogen-bond donors (Lipinski definition) is 2. The Kier molecular flexibility index (Phi) is 3.78. The Balaban J connectivity index is 2.33. The Morgan fingerprint density at radius 2 is 2.06 bits per heavy atom. The summed E-state index contributed by atoms with van der Waals surface area (Å²) in [4.78, 5) is 8.17. The molecule has 0 aliphatic carbocycles. The summed E-state index contributed by atoms with van der Waals surface area (Å²) in [6.45, 7) is 3.85. The van der Waals surface area contributed by atoms with Crippen LogP contribution >= 0.6 is 15.9 Å². The van der Waals surface area contributed by atoms with Crippen LogP contribution in [0.5, 0.6) is 11.6 Å². The van der Waals surface area contributed by atoms with Crippen molar-refractivity contribution < 1.29 is 4.74 Å². The number of halogens is 1. The molecule has 1 aromatic carbocycles. The second-order valence-electron chi connectivity index (χ2n) is 3.84. The van der Waals surface area contributed by atoms with E-state index in [1.54, 1.807) is 6.20 Å². The van der Waals surface area contributed by atoms with Gasteiger partial charge in [0.15, 0.2) is 0 Å². The highest BCUT2D eigenvalue weighted by Crippen LogP contribution is 2.28. The van der Waals surface area contributed by atoms with Crippen molar-refractivity contribution in [1.82, 2.24) is 9.97 Å². The molecule has 0 bridgehead atoms. The summed E-state index contributed by atoms with van der Waals surface area (Å²) in [5.74, 6) is 6.84. The molecule has 0 unspecified atom stereocenters. The average molecular weight is 309 g/mol. The fourth-order valence-corrected chi connectivity index (χ4v) is 1.91. The van der Waals surface area contributed by atoms with Crippen molar-refractivity contribution in [2.24, 2.45) is 5.84 Å². The van der Waals surface area contributed by atoms with Gasteiger partial charge in [-0.2, -0.15) is 4.98 Å². The Bertz CT molecular complexity index is 574. The van der Waals surface area contributed by atoms with E-state index in [0.29, 0.717) is 11.8 Å². The summed E-state index contributed by atoms with van der Waals surface area (Å²) in [6, 6.07) is 5.78. The molecular weight excluding hydrogens is 296 g/mol. The summed E-state index contributed by atoms with van der Waals surface area (Å²) in [5, 5.41) is 0. The van der Waals surface area contributed by atoms with Gasteiger partial charge >= 0.3 is 0 Å². The number of nitrogen functional groups attached to an aromatic ring is 1. The maximum atomic E-state index is 5.77. The van der Waals surface area contributed by atoms with E-state index in [1.165, 1.54) is 0 Å². The lowest BCUT2D eigenvalue weighted by atomic mass is 10.2. The van der Waals surface area contributed by atoms with Gasteiger partial charge in [0.05, 0.1) is 0 Å². The third-order valence-electron chi connectivity index (χ3n) is 2.40. The molecule has 1 aromatic heterocycles. The minimum atomic E-state index is 0.324. The standard InChI is InChI=1S/C12H13BrN4O/c1-7-5-9(13)3-4-10(7)18-11-8(2)6-15-12(16-11)17-14/h3-6H,14H2,1-2H3,(H,15,16,17). The van der Waals surface area contributed by atoms with Gasteiger partial charge in [0.1, 0.15) is 5.75 Å². The van der Waals surface area contributed by atoms with Gasteiger partial charge in [0.25, 0.3) is 0 Å². The fraction of sp³-hybridized carbons (Fsp3) is 0.167. The Morgan fingerprint density at radius 1 is 1.28 bits per heavy atom. The van der Waals surface area contributed by atoms with Gasteiger partial charge in [0.2, 0.25) is 11.8 Å².